The maximum absolute atomic E-state index is 12.0. The Balaban J connectivity index is 1.86. The number of benzene rings is 2. The largest absolute Gasteiger partial charge is 0.497 e. The lowest BCUT2D eigenvalue weighted by molar-refractivity contribution is -0.141. The number of rotatable bonds is 8. The van der Waals surface area contributed by atoms with Crippen LogP contribution in [-0.2, 0) is 26.0 Å². The van der Waals surface area contributed by atoms with Crippen LogP contribution in [0.1, 0.15) is 15.9 Å². The molecule has 2 rings (SSSR count). The highest BCUT2D eigenvalue weighted by molar-refractivity contribution is 7.92. The van der Waals surface area contributed by atoms with E-state index < -0.39 is 16.0 Å². The van der Waals surface area contributed by atoms with Gasteiger partial charge in [-0.1, -0.05) is 12.1 Å². The van der Waals surface area contributed by atoms with Gasteiger partial charge < -0.3 is 9.47 Å². The van der Waals surface area contributed by atoms with Crippen LogP contribution in [0.2, 0.25) is 0 Å². The monoisotopic (exact) mass is 377 g/mol. The van der Waals surface area contributed by atoms with Gasteiger partial charge in [0.25, 0.3) is 0 Å². The highest BCUT2D eigenvalue weighted by Crippen LogP contribution is 2.13. The normalized spacial score (nSPS) is 10.8. The summed E-state index contributed by atoms with van der Waals surface area (Å²) in [5.41, 5.74) is 1.42. The minimum absolute atomic E-state index is 0.0501. The molecule has 0 atom stereocenters. The van der Waals surface area contributed by atoms with Gasteiger partial charge in [-0.3, -0.25) is 14.3 Å². The Morgan fingerprint density at radius 1 is 1.00 bits per heavy atom. The maximum atomic E-state index is 12.0. The Bertz CT molecular complexity index is 873. The summed E-state index contributed by atoms with van der Waals surface area (Å²) in [4.78, 5) is 23.9. The van der Waals surface area contributed by atoms with Crippen LogP contribution in [0.25, 0.3) is 0 Å². The average molecular weight is 377 g/mol. The van der Waals surface area contributed by atoms with Crippen molar-refractivity contribution in [2.24, 2.45) is 0 Å². The second kappa shape index (κ2) is 8.48. The fourth-order valence-corrected chi connectivity index (χ4v) is 2.69. The Kier molecular flexibility index (Phi) is 6.35. The van der Waals surface area contributed by atoms with Crippen molar-refractivity contribution in [3.63, 3.8) is 0 Å². The molecule has 8 heteroatoms. The smallest absolute Gasteiger partial charge is 0.310 e. The number of esters is 1. The fourth-order valence-electron chi connectivity index (χ4n) is 2.13. The molecule has 0 bridgehead atoms. The van der Waals surface area contributed by atoms with E-state index in [-0.39, 0.29) is 18.8 Å². The Morgan fingerprint density at radius 3 is 2.15 bits per heavy atom. The van der Waals surface area contributed by atoms with Gasteiger partial charge in [-0.05, 0) is 42.0 Å². The van der Waals surface area contributed by atoms with Crippen LogP contribution in [0.15, 0.2) is 48.5 Å². The number of ether oxygens (including phenoxy) is 2. The lowest BCUT2D eigenvalue weighted by Crippen LogP contribution is -2.16. The van der Waals surface area contributed by atoms with Crippen LogP contribution >= 0.6 is 0 Å². The molecular formula is C18H19NO6S. The van der Waals surface area contributed by atoms with Gasteiger partial charge >= 0.3 is 5.97 Å². The third-order valence-corrected chi connectivity index (χ3v) is 3.99. The van der Waals surface area contributed by atoms with Gasteiger partial charge in [0.1, 0.15) is 5.75 Å². The van der Waals surface area contributed by atoms with Crippen molar-refractivity contribution < 1.29 is 27.5 Å². The van der Waals surface area contributed by atoms with Crippen LogP contribution in [0.4, 0.5) is 5.69 Å². The molecule has 26 heavy (non-hydrogen) atoms. The van der Waals surface area contributed by atoms with Crippen molar-refractivity contribution >= 4 is 27.5 Å². The molecule has 7 nitrogen and oxygen atoms in total. The first-order valence-electron chi connectivity index (χ1n) is 7.66. The number of methoxy groups -OCH3 is 1. The molecule has 0 spiro atoms. The molecule has 0 heterocycles. The van der Waals surface area contributed by atoms with E-state index in [2.05, 4.69) is 4.72 Å². The van der Waals surface area contributed by atoms with Gasteiger partial charge in [0.15, 0.2) is 12.4 Å². The predicted octanol–water partition coefficient (Wildman–Crippen LogP) is 2.04. The number of carbonyl (C=O) groups is 2. The SMILES string of the molecule is COc1ccc(CC(=O)OCC(=O)c2ccc(NS(C)(=O)=O)cc2)cc1. The first-order chi connectivity index (χ1) is 12.3. The lowest BCUT2D eigenvalue weighted by Gasteiger charge is -2.07. The second-order valence-corrected chi connectivity index (χ2v) is 7.31. The molecule has 0 aliphatic heterocycles. The summed E-state index contributed by atoms with van der Waals surface area (Å²) >= 11 is 0. The molecule has 1 N–H and O–H groups in total. The second-order valence-electron chi connectivity index (χ2n) is 5.56. The number of nitrogens with one attached hydrogen (secondary N) is 1. The number of hydrogen-bond donors (Lipinski definition) is 1. The van der Waals surface area contributed by atoms with Gasteiger partial charge in [0, 0.05) is 11.3 Å². The minimum atomic E-state index is -3.38. The molecular weight excluding hydrogens is 358 g/mol. The van der Waals surface area contributed by atoms with Crippen LogP contribution in [0.5, 0.6) is 5.75 Å². The van der Waals surface area contributed by atoms with Crippen LogP contribution in [0.3, 0.4) is 0 Å². The molecule has 0 unspecified atom stereocenters. The zero-order valence-electron chi connectivity index (χ0n) is 14.4. The van der Waals surface area contributed by atoms with Crippen molar-refractivity contribution in [2.45, 2.75) is 6.42 Å². The predicted molar refractivity (Wildman–Crippen MR) is 96.9 cm³/mol. The van der Waals surface area contributed by atoms with Crippen LogP contribution < -0.4 is 9.46 Å². The Labute approximate surface area is 152 Å². The molecule has 2 aromatic carbocycles. The molecule has 0 aliphatic carbocycles. The van der Waals surface area contributed by atoms with Crippen molar-refractivity contribution in [3.05, 3.63) is 59.7 Å². The molecule has 0 aliphatic rings. The van der Waals surface area contributed by atoms with Crippen molar-refractivity contribution in [2.75, 3.05) is 24.7 Å². The highest BCUT2D eigenvalue weighted by Gasteiger charge is 2.11. The van der Waals surface area contributed by atoms with E-state index in [1.54, 1.807) is 31.4 Å². The van der Waals surface area contributed by atoms with Crippen LogP contribution in [0, 0.1) is 0 Å². The summed E-state index contributed by atoms with van der Waals surface area (Å²) in [5.74, 6) is -0.205. The Morgan fingerprint density at radius 2 is 1.62 bits per heavy atom. The minimum Gasteiger partial charge on any atom is -0.497 e. The average Bonchev–Trinajstić information content (AvgIpc) is 2.59. The first-order valence-corrected chi connectivity index (χ1v) is 9.55. The maximum Gasteiger partial charge on any atom is 0.310 e. The summed E-state index contributed by atoms with van der Waals surface area (Å²) in [6.45, 7) is -0.381. The third-order valence-electron chi connectivity index (χ3n) is 3.38. The summed E-state index contributed by atoms with van der Waals surface area (Å²) in [7, 11) is -1.82. The number of anilines is 1. The summed E-state index contributed by atoms with van der Waals surface area (Å²) < 4.78 is 34.6. The number of carbonyl (C=O) groups excluding carboxylic acids is 2. The van der Waals surface area contributed by atoms with E-state index >= 15 is 0 Å². The standard InChI is InChI=1S/C18H19NO6S/c1-24-16-9-3-13(4-10-16)11-18(21)25-12-17(20)14-5-7-15(8-6-14)19-26(2,22)23/h3-10,19H,11-12H2,1-2H3. The van der Waals surface area contributed by atoms with Gasteiger partial charge in [-0.25, -0.2) is 8.42 Å². The summed E-state index contributed by atoms with van der Waals surface area (Å²) in [6, 6.07) is 12.8. The van der Waals surface area contributed by atoms with Gasteiger partial charge in [0.05, 0.1) is 19.8 Å². The van der Waals surface area contributed by atoms with E-state index in [1.165, 1.54) is 24.3 Å². The molecule has 0 saturated heterocycles. The van der Waals surface area contributed by atoms with Gasteiger partial charge in [-0.2, -0.15) is 0 Å². The molecule has 0 fully saturated rings. The first kappa shape index (κ1) is 19.5. The van der Waals surface area contributed by atoms with Crippen molar-refractivity contribution in [1.82, 2.24) is 0 Å². The number of hydrogen-bond acceptors (Lipinski definition) is 6. The molecule has 2 aromatic rings. The van der Waals surface area contributed by atoms with E-state index in [4.69, 9.17) is 9.47 Å². The van der Waals surface area contributed by atoms with Crippen LogP contribution in [-0.4, -0.2) is 40.1 Å². The molecule has 0 aromatic heterocycles. The van der Waals surface area contributed by atoms with E-state index in [1.807, 2.05) is 0 Å². The zero-order chi connectivity index (χ0) is 19.2. The quantitative estimate of drug-likeness (QED) is 0.558. The summed E-state index contributed by atoms with van der Waals surface area (Å²) in [5, 5.41) is 0. The van der Waals surface area contributed by atoms with E-state index in [9.17, 15) is 18.0 Å². The zero-order valence-corrected chi connectivity index (χ0v) is 15.2. The highest BCUT2D eigenvalue weighted by atomic mass is 32.2. The van der Waals surface area contributed by atoms with Gasteiger partial charge in [0.2, 0.25) is 10.0 Å². The molecule has 138 valence electrons. The van der Waals surface area contributed by atoms with E-state index in [0.29, 0.717) is 17.0 Å². The van der Waals surface area contributed by atoms with Crippen molar-refractivity contribution in [1.29, 1.82) is 0 Å². The molecule has 0 radical (unpaired) electrons. The summed E-state index contributed by atoms with van der Waals surface area (Å²) in [6.07, 6.45) is 1.09. The van der Waals surface area contributed by atoms with Crippen molar-refractivity contribution in [3.8, 4) is 5.75 Å². The lowest BCUT2D eigenvalue weighted by atomic mass is 10.1. The fraction of sp³-hybridized carbons (Fsp3) is 0.222. The van der Waals surface area contributed by atoms with Gasteiger partial charge in [-0.15, -0.1) is 0 Å². The number of ketones is 1. The third kappa shape index (κ3) is 6.21. The number of sulfonamides is 1. The molecule has 0 saturated carbocycles. The van der Waals surface area contributed by atoms with E-state index in [0.717, 1.165) is 11.8 Å². The topological polar surface area (TPSA) is 98.8 Å². The number of Topliss-reactive ketones (excluding diaryl/α,β-unsaturated/α-hetero) is 1. The molecule has 0 amide bonds. The Hall–Kier alpha value is -2.87.